The van der Waals surface area contributed by atoms with Crippen molar-refractivity contribution in [3.8, 4) is 11.4 Å². The van der Waals surface area contributed by atoms with Crippen molar-refractivity contribution < 1.29 is 4.39 Å². The Morgan fingerprint density at radius 2 is 2.22 bits per heavy atom. The second kappa shape index (κ2) is 4.04. The SMILES string of the molecule is CC(C1CC1)n1nnnc1-c1ccc(N)c(F)c1. The molecule has 1 fully saturated rings. The summed E-state index contributed by atoms with van der Waals surface area (Å²) in [5.41, 5.74) is 6.25. The molecular formula is C12H14FN5. The van der Waals surface area contributed by atoms with E-state index in [9.17, 15) is 4.39 Å². The second-order valence-corrected chi connectivity index (χ2v) is 4.76. The van der Waals surface area contributed by atoms with Crippen LogP contribution < -0.4 is 5.73 Å². The summed E-state index contributed by atoms with van der Waals surface area (Å²) in [7, 11) is 0. The quantitative estimate of drug-likeness (QED) is 0.842. The third kappa shape index (κ3) is 1.83. The normalized spacial score (nSPS) is 16.8. The molecule has 1 saturated carbocycles. The molecule has 1 aliphatic rings. The van der Waals surface area contributed by atoms with Crippen molar-refractivity contribution in [3.05, 3.63) is 24.0 Å². The summed E-state index contributed by atoms with van der Waals surface area (Å²) >= 11 is 0. The highest BCUT2D eigenvalue weighted by Crippen LogP contribution is 2.40. The van der Waals surface area contributed by atoms with E-state index in [1.54, 1.807) is 10.7 Å². The van der Waals surface area contributed by atoms with Crippen LogP contribution in [0.25, 0.3) is 11.4 Å². The maximum atomic E-state index is 13.5. The molecule has 1 aromatic heterocycles. The largest absolute Gasteiger partial charge is 0.396 e. The second-order valence-electron chi connectivity index (χ2n) is 4.76. The Morgan fingerprint density at radius 1 is 1.44 bits per heavy atom. The molecule has 0 spiro atoms. The summed E-state index contributed by atoms with van der Waals surface area (Å²) < 4.78 is 15.2. The van der Waals surface area contributed by atoms with Gasteiger partial charge in [-0.2, -0.15) is 0 Å². The van der Waals surface area contributed by atoms with E-state index in [-0.39, 0.29) is 11.7 Å². The van der Waals surface area contributed by atoms with Gasteiger partial charge in [-0.1, -0.05) is 0 Å². The Bertz CT molecular complexity index is 576. The fraction of sp³-hybridized carbons (Fsp3) is 0.417. The molecule has 0 aliphatic heterocycles. The zero-order valence-electron chi connectivity index (χ0n) is 10.0. The molecule has 1 heterocycles. The minimum absolute atomic E-state index is 0.132. The summed E-state index contributed by atoms with van der Waals surface area (Å²) in [4.78, 5) is 0. The highest BCUT2D eigenvalue weighted by molar-refractivity contribution is 5.59. The molecule has 1 unspecified atom stereocenters. The van der Waals surface area contributed by atoms with E-state index in [0.29, 0.717) is 17.3 Å². The third-order valence-corrected chi connectivity index (χ3v) is 3.44. The molecule has 2 aromatic rings. The smallest absolute Gasteiger partial charge is 0.182 e. The molecule has 1 aromatic carbocycles. The molecule has 6 heteroatoms. The van der Waals surface area contributed by atoms with Gasteiger partial charge in [0.05, 0.1) is 11.7 Å². The molecule has 1 aliphatic carbocycles. The van der Waals surface area contributed by atoms with Crippen LogP contribution in [0.2, 0.25) is 0 Å². The lowest BCUT2D eigenvalue weighted by Gasteiger charge is -2.12. The van der Waals surface area contributed by atoms with Crippen molar-refractivity contribution in [3.63, 3.8) is 0 Å². The van der Waals surface area contributed by atoms with Gasteiger partial charge in [0, 0.05) is 5.56 Å². The van der Waals surface area contributed by atoms with E-state index in [4.69, 9.17) is 5.73 Å². The molecule has 5 nitrogen and oxygen atoms in total. The molecule has 2 N–H and O–H groups in total. The van der Waals surface area contributed by atoms with Gasteiger partial charge >= 0.3 is 0 Å². The van der Waals surface area contributed by atoms with Crippen LogP contribution in [0.1, 0.15) is 25.8 Å². The van der Waals surface area contributed by atoms with E-state index < -0.39 is 5.82 Å². The number of hydrogen-bond acceptors (Lipinski definition) is 4. The van der Waals surface area contributed by atoms with Gasteiger partial charge in [0.25, 0.3) is 0 Å². The molecule has 0 saturated heterocycles. The fourth-order valence-electron chi connectivity index (χ4n) is 2.10. The van der Waals surface area contributed by atoms with Gasteiger partial charge in [0.2, 0.25) is 0 Å². The van der Waals surface area contributed by atoms with Gasteiger partial charge in [-0.25, -0.2) is 9.07 Å². The maximum Gasteiger partial charge on any atom is 0.182 e. The number of tetrazole rings is 1. The number of nitrogens with two attached hydrogens (primary N) is 1. The van der Waals surface area contributed by atoms with Gasteiger partial charge in [-0.15, -0.1) is 5.10 Å². The van der Waals surface area contributed by atoms with Crippen molar-refractivity contribution in [2.24, 2.45) is 5.92 Å². The average molecular weight is 247 g/mol. The van der Waals surface area contributed by atoms with Crippen molar-refractivity contribution in [1.82, 2.24) is 20.2 Å². The van der Waals surface area contributed by atoms with Crippen LogP contribution in [0, 0.1) is 11.7 Å². The van der Waals surface area contributed by atoms with Crippen LogP contribution in [0.15, 0.2) is 18.2 Å². The number of halogens is 1. The highest BCUT2D eigenvalue weighted by atomic mass is 19.1. The number of nitrogen functional groups attached to an aromatic ring is 1. The Hall–Kier alpha value is -1.98. The van der Waals surface area contributed by atoms with E-state index in [1.165, 1.54) is 25.0 Å². The first-order valence-electron chi connectivity index (χ1n) is 6.00. The Morgan fingerprint density at radius 3 is 2.89 bits per heavy atom. The van der Waals surface area contributed by atoms with Crippen molar-refractivity contribution in [1.29, 1.82) is 0 Å². The monoisotopic (exact) mass is 247 g/mol. The lowest BCUT2D eigenvalue weighted by atomic mass is 10.1. The molecule has 18 heavy (non-hydrogen) atoms. The number of anilines is 1. The predicted octanol–water partition coefficient (Wildman–Crippen LogP) is 2.03. The van der Waals surface area contributed by atoms with Crippen molar-refractivity contribution in [2.45, 2.75) is 25.8 Å². The number of hydrogen-bond donors (Lipinski definition) is 1. The Labute approximate surface area is 104 Å². The summed E-state index contributed by atoms with van der Waals surface area (Å²) in [6.45, 7) is 2.09. The number of aromatic nitrogens is 4. The lowest BCUT2D eigenvalue weighted by molar-refractivity contribution is 0.433. The molecule has 0 amide bonds. The molecule has 0 radical (unpaired) electrons. The number of nitrogens with zero attached hydrogens (tertiary/aromatic N) is 4. The Kier molecular flexibility index (Phi) is 2.50. The lowest BCUT2D eigenvalue weighted by Crippen LogP contribution is -2.11. The average Bonchev–Trinajstić information content (AvgIpc) is 3.09. The first kappa shape index (κ1) is 11.1. The first-order valence-corrected chi connectivity index (χ1v) is 6.00. The van der Waals surface area contributed by atoms with Crippen LogP contribution in [0.5, 0.6) is 0 Å². The predicted molar refractivity (Wildman–Crippen MR) is 65.1 cm³/mol. The fourth-order valence-corrected chi connectivity index (χ4v) is 2.10. The molecule has 3 rings (SSSR count). The van der Waals surface area contributed by atoms with E-state index in [1.807, 2.05) is 0 Å². The molecule has 0 bridgehead atoms. The van der Waals surface area contributed by atoms with Crippen LogP contribution in [0.4, 0.5) is 10.1 Å². The first-order chi connectivity index (χ1) is 8.66. The zero-order valence-corrected chi connectivity index (χ0v) is 10.0. The minimum atomic E-state index is -0.443. The summed E-state index contributed by atoms with van der Waals surface area (Å²) in [5, 5.41) is 11.7. The molecule has 1 atom stereocenters. The van der Waals surface area contributed by atoms with E-state index >= 15 is 0 Å². The van der Waals surface area contributed by atoms with Crippen molar-refractivity contribution in [2.75, 3.05) is 5.73 Å². The van der Waals surface area contributed by atoms with E-state index in [0.717, 1.165) is 0 Å². The topological polar surface area (TPSA) is 69.6 Å². The Balaban J connectivity index is 2.00. The minimum Gasteiger partial charge on any atom is -0.396 e. The van der Waals surface area contributed by atoms with Crippen LogP contribution in [-0.2, 0) is 0 Å². The van der Waals surface area contributed by atoms with Gasteiger partial charge in [0.1, 0.15) is 5.82 Å². The van der Waals surface area contributed by atoms with Gasteiger partial charge in [-0.05, 0) is 54.3 Å². The van der Waals surface area contributed by atoms with Crippen LogP contribution >= 0.6 is 0 Å². The highest BCUT2D eigenvalue weighted by Gasteiger charge is 2.31. The number of benzene rings is 1. The summed E-state index contributed by atoms with van der Waals surface area (Å²) in [6, 6.07) is 4.89. The number of rotatable bonds is 3. The van der Waals surface area contributed by atoms with Crippen LogP contribution in [0.3, 0.4) is 0 Å². The van der Waals surface area contributed by atoms with Gasteiger partial charge in [0.15, 0.2) is 5.82 Å². The maximum absolute atomic E-state index is 13.5. The molecular weight excluding hydrogens is 233 g/mol. The zero-order chi connectivity index (χ0) is 12.7. The third-order valence-electron chi connectivity index (χ3n) is 3.44. The van der Waals surface area contributed by atoms with Gasteiger partial charge in [-0.3, -0.25) is 0 Å². The summed E-state index contributed by atoms with van der Waals surface area (Å²) in [5.74, 6) is 0.778. The standard InChI is InChI=1S/C12H14FN5/c1-7(8-2-3-8)18-12(15-16-17-18)9-4-5-11(14)10(13)6-9/h4-8H,2-3,14H2,1H3. The van der Waals surface area contributed by atoms with Gasteiger partial charge < -0.3 is 5.73 Å². The molecule has 94 valence electrons. The van der Waals surface area contributed by atoms with Crippen molar-refractivity contribution >= 4 is 5.69 Å². The van der Waals surface area contributed by atoms with E-state index in [2.05, 4.69) is 22.4 Å². The summed E-state index contributed by atoms with van der Waals surface area (Å²) in [6.07, 6.45) is 2.41. The van der Waals surface area contributed by atoms with Crippen LogP contribution in [-0.4, -0.2) is 20.2 Å².